The molecular weight excluding hydrogens is 532 g/mol. The van der Waals surface area contributed by atoms with Gasteiger partial charge in [0.1, 0.15) is 5.75 Å². The van der Waals surface area contributed by atoms with Crippen LogP contribution in [0.5, 0.6) is 5.75 Å². The summed E-state index contributed by atoms with van der Waals surface area (Å²) in [4.78, 5) is 15.4. The Labute approximate surface area is 238 Å². The van der Waals surface area contributed by atoms with Crippen LogP contribution in [0.2, 0.25) is 5.02 Å². The van der Waals surface area contributed by atoms with Crippen LogP contribution < -0.4 is 9.64 Å². The average molecular weight is 570 g/mol. The van der Waals surface area contributed by atoms with Gasteiger partial charge in [0.2, 0.25) is 0 Å². The van der Waals surface area contributed by atoms with Crippen LogP contribution in [-0.2, 0) is 32.5 Å². The average Bonchev–Trinajstić information content (AvgIpc) is 2.94. The molecule has 6 nitrogen and oxygen atoms in total. The first-order valence-corrected chi connectivity index (χ1v) is 15.8. The zero-order valence-electron chi connectivity index (χ0n) is 22.6. The van der Waals surface area contributed by atoms with Crippen LogP contribution in [0.4, 0.5) is 5.69 Å². The summed E-state index contributed by atoms with van der Waals surface area (Å²) >= 11 is 6.40. The van der Waals surface area contributed by atoms with Gasteiger partial charge in [-0.1, -0.05) is 48.4 Å². The van der Waals surface area contributed by atoms with Crippen molar-refractivity contribution in [3.63, 3.8) is 0 Å². The van der Waals surface area contributed by atoms with Crippen molar-refractivity contribution in [1.29, 1.82) is 0 Å². The fourth-order valence-corrected chi connectivity index (χ4v) is 6.92. The van der Waals surface area contributed by atoms with Crippen molar-refractivity contribution in [2.75, 3.05) is 30.9 Å². The molecule has 3 aliphatic rings. The lowest BCUT2D eigenvalue weighted by molar-refractivity contribution is 0.0134. The maximum atomic E-state index is 13.1. The minimum Gasteiger partial charge on any atom is -0.491 e. The summed E-state index contributed by atoms with van der Waals surface area (Å²) in [5.41, 5.74) is 3.81. The number of nitrogens with zero attached hydrogens (tertiary/aromatic N) is 2. The maximum Gasteiger partial charge on any atom is 0.254 e. The predicted molar refractivity (Wildman–Crippen MR) is 157 cm³/mol. The van der Waals surface area contributed by atoms with E-state index in [1.54, 1.807) is 13.2 Å². The largest absolute Gasteiger partial charge is 0.491 e. The van der Waals surface area contributed by atoms with E-state index in [2.05, 4.69) is 33.5 Å². The molecule has 2 heterocycles. The minimum absolute atomic E-state index is 0.0715. The third kappa shape index (κ3) is 7.05. The number of amides is 1. The highest BCUT2D eigenvalue weighted by molar-refractivity contribution is 7.75. The van der Waals surface area contributed by atoms with Crippen LogP contribution >= 0.6 is 11.6 Å². The molecule has 8 heteroatoms. The molecule has 1 amide bonds. The topological polar surface area (TPSA) is 68.2 Å². The number of allylic oxidation sites excluding steroid dienone is 1. The van der Waals surface area contributed by atoms with Gasteiger partial charge in [-0.05, 0) is 91.8 Å². The van der Waals surface area contributed by atoms with Gasteiger partial charge in [0.25, 0.3) is 5.91 Å². The minimum atomic E-state index is -1.54. The van der Waals surface area contributed by atoms with Crippen molar-refractivity contribution in [3.8, 4) is 5.75 Å². The van der Waals surface area contributed by atoms with Crippen molar-refractivity contribution < 1.29 is 18.5 Å². The van der Waals surface area contributed by atoms with Crippen LogP contribution in [0.25, 0.3) is 0 Å². The van der Waals surface area contributed by atoms with Crippen molar-refractivity contribution in [3.05, 3.63) is 70.3 Å². The molecule has 2 bridgehead atoms. The molecule has 2 aromatic carbocycles. The molecule has 3 atom stereocenters. The predicted octanol–water partition coefficient (Wildman–Crippen LogP) is 7.13. The van der Waals surface area contributed by atoms with E-state index in [0.29, 0.717) is 36.3 Å². The second-order valence-electron chi connectivity index (χ2n) is 10.8. The number of anilines is 1. The molecule has 2 aromatic rings. The Balaban J connectivity index is 1.58. The van der Waals surface area contributed by atoms with E-state index in [4.69, 9.17) is 21.1 Å². The molecule has 1 aliphatic carbocycles. The molecule has 1 saturated carbocycles. The number of ether oxygens (including phenoxy) is 2. The van der Waals surface area contributed by atoms with Crippen LogP contribution in [0.15, 0.2) is 52.9 Å². The third-order valence-electron chi connectivity index (χ3n) is 8.25. The van der Waals surface area contributed by atoms with E-state index in [-0.39, 0.29) is 6.10 Å². The van der Waals surface area contributed by atoms with Gasteiger partial charge in [0, 0.05) is 30.8 Å². The van der Waals surface area contributed by atoms with E-state index in [1.807, 2.05) is 18.2 Å². The second kappa shape index (κ2) is 13.3. The summed E-state index contributed by atoms with van der Waals surface area (Å²) in [5.74, 6) is 1.59. The van der Waals surface area contributed by atoms with Gasteiger partial charge in [0.05, 0.1) is 18.4 Å². The zero-order valence-corrected chi connectivity index (χ0v) is 24.2. The summed E-state index contributed by atoms with van der Waals surface area (Å²) in [7, 11) is 0.253. The smallest absolute Gasteiger partial charge is 0.254 e. The van der Waals surface area contributed by atoms with Crippen molar-refractivity contribution in [2.24, 2.45) is 16.2 Å². The normalized spacial score (nSPS) is 25.9. The van der Waals surface area contributed by atoms with Gasteiger partial charge < -0.3 is 22.9 Å². The van der Waals surface area contributed by atoms with Crippen LogP contribution in [0, 0.1) is 11.8 Å². The number of carbonyl (C=O) groups is 1. The highest BCUT2D eigenvalue weighted by atomic mass is 35.5. The SMILES string of the molecule is CO[C@H]1/C=C/CCCC[S-](=O)=NC(=O)c2ccc3c(c2)N(Cc2ccc(Cl)cc2CCCCO3)C[C@@H]2CC[C@H]21. The summed E-state index contributed by atoms with van der Waals surface area (Å²) < 4.78 is 28.8. The number of hydrogen-bond acceptors (Lipinski definition) is 6. The number of halogens is 1. The lowest BCUT2D eigenvalue weighted by atomic mass is 9.70. The Morgan fingerprint density at radius 1 is 1.08 bits per heavy atom. The lowest BCUT2D eigenvalue weighted by Gasteiger charge is -2.43. The Kier molecular flexibility index (Phi) is 9.64. The van der Waals surface area contributed by atoms with Crippen molar-refractivity contribution in [1.82, 2.24) is 0 Å². The van der Waals surface area contributed by atoms with Crippen LogP contribution in [-0.4, -0.2) is 38.0 Å². The van der Waals surface area contributed by atoms with Gasteiger partial charge in [0.15, 0.2) is 0 Å². The van der Waals surface area contributed by atoms with Crippen LogP contribution in [0.1, 0.15) is 66.4 Å². The molecule has 0 unspecified atom stereocenters. The Hall–Kier alpha value is -2.35. The van der Waals surface area contributed by atoms with E-state index in [9.17, 15) is 9.00 Å². The van der Waals surface area contributed by atoms with Gasteiger partial charge in [-0.3, -0.25) is 4.79 Å². The first-order valence-electron chi connectivity index (χ1n) is 14.1. The molecular formula is C31H38ClN2O4S-. The molecule has 0 spiro atoms. The molecule has 0 aromatic heterocycles. The summed E-state index contributed by atoms with van der Waals surface area (Å²) in [6.07, 6.45) is 12.2. The molecule has 0 saturated heterocycles. The fourth-order valence-electron chi connectivity index (χ4n) is 5.90. The van der Waals surface area contributed by atoms with Crippen LogP contribution in [0.3, 0.4) is 0 Å². The maximum absolute atomic E-state index is 13.1. The number of carbonyl (C=O) groups excluding carboxylic acids is 1. The quantitative estimate of drug-likeness (QED) is 0.270. The Bertz CT molecular complexity index is 1290. The number of rotatable bonds is 1. The molecule has 210 valence electrons. The molecule has 0 radical (unpaired) electrons. The number of aryl methyl sites for hydroxylation is 1. The Morgan fingerprint density at radius 2 is 1.97 bits per heavy atom. The standard InChI is InChI=1S/C31H38ClN2O4S/c1-37-29-9-4-2-3-7-17-39(36)33-31(35)23-12-15-30-28(19-23)34(21-25-11-14-27(25)29)20-24-10-13-26(32)18-22(24)8-5-6-16-38-30/h4,9-10,12-13,15,18-19,25,27,29H,2-3,5-8,11,14,16-17,20-21H2,1H3/q-1/b9-4+/t25-,27+,29-/m0/s1. The molecule has 5 rings (SSSR count). The highest BCUT2D eigenvalue weighted by Gasteiger charge is 2.37. The highest BCUT2D eigenvalue weighted by Crippen LogP contribution is 2.42. The third-order valence-corrected chi connectivity index (χ3v) is 9.49. The van der Waals surface area contributed by atoms with Gasteiger partial charge >= 0.3 is 0 Å². The molecule has 2 aliphatic heterocycles. The second-order valence-corrected chi connectivity index (χ2v) is 12.5. The Morgan fingerprint density at radius 3 is 2.79 bits per heavy atom. The van der Waals surface area contributed by atoms with Crippen molar-refractivity contribution in [2.45, 2.75) is 64.0 Å². The van der Waals surface area contributed by atoms with Crippen molar-refractivity contribution >= 4 is 33.8 Å². The first-order chi connectivity index (χ1) is 19.0. The summed E-state index contributed by atoms with van der Waals surface area (Å²) in [5, 5.41) is 0.750. The van der Waals surface area contributed by atoms with Gasteiger partial charge in [-0.25, -0.2) is 0 Å². The molecule has 1 fully saturated rings. The van der Waals surface area contributed by atoms with E-state index < -0.39 is 16.5 Å². The van der Waals surface area contributed by atoms with E-state index in [0.717, 1.165) is 74.4 Å². The molecule has 39 heavy (non-hydrogen) atoms. The lowest BCUT2D eigenvalue weighted by Crippen LogP contribution is -2.43. The van der Waals surface area contributed by atoms with E-state index >= 15 is 0 Å². The number of methoxy groups -OCH3 is 1. The fraction of sp³-hybridized carbons (Fsp3) is 0.516. The zero-order chi connectivity index (χ0) is 27.2. The number of fused-ring (bicyclic) bond motifs is 3. The first kappa shape index (κ1) is 28.2. The number of benzene rings is 2. The van der Waals surface area contributed by atoms with E-state index in [1.165, 1.54) is 11.1 Å². The summed E-state index contributed by atoms with van der Waals surface area (Å²) in [6.45, 7) is 2.10. The van der Waals surface area contributed by atoms with Gasteiger partial charge in [-0.2, -0.15) is 10.6 Å². The molecule has 0 N–H and O–H groups in total. The summed E-state index contributed by atoms with van der Waals surface area (Å²) in [6, 6.07) is 11.7. The van der Waals surface area contributed by atoms with Gasteiger partial charge in [-0.15, -0.1) is 0 Å². The number of hydrogen-bond donors (Lipinski definition) is 0. The monoisotopic (exact) mass is 569 g/mol.